The third-order valence-electron chi connectivity index (χ3n) is 4.21. The largest absolute Gasteiger partial charge is 0.399 e. The Balaban J connectivity index is 1.95. The molecular formula is C14H19NO2. The number of aliphatic hydroxyl groups is 1. The van der Waals surface area contributed by atoms with Crippen LogP contribution in [-0.2, 0) is 16.8 Å². The molecule has 0 bridgehead atoms. The summed E-state index contributed by atoms with van der Waals surface area (Å²) in [5.74, 6) is 0.237. The molecule has 3 nitrogen and oxygen atoms in total. The number of anilines is 1. The fourth-order valence-corrected chi connectivity index (χ4v) is 3.24. The van der Waals surface area contributed by atoms with Gasteiger partial charge in [-0.15, -0.1) is 0 Å². The average Bonchev–Trinajstić information content (AvgIpc) is 2.69. The molecule has 1 aromatic rings. The highest BCUT2D eigenvalue weighted by Crippen LogP contribution is 2.45. The number of benzene rings is 1. The van der Waals surface area contributed by atoms with E-state index < -0.39 is 5.60 Å². The smallest absolute Gasteiger partial charge is 0.0952 e. The number of nitrogens with two attached hydrogens (primary N) is 1. The molecule has 2 aliphatic rings. The van der Waals surface area contributed by atoms with E-state index in [-0.39, 0.29) is 5.92 Å². The van der Waals surface area contributed by atoms with Crippen LogP contribution in [0.15, 0.2) is 18.2 Å². The van der Waals surface area contributed by atoms with E-state index >= 15 is 0 Å². The van der Waals surface area contributed by atoms with Crippen molar-refractivity contribution in [3.8, 4) is 0 Å². The van der Waals surface area contributed by atoms with Gasteiger partial charge in [-0.05, 0) is 48.9 Å². The van der Waals surface area contributed by atoms with Gasteiger partial charge in [0.1, 0.15) is 0 Å². The van der Waals surface area contributed by atoms with E-state index in [1.165, 1.54) is 5.56 Å². The average molecular weight is 233 g/mol. The first kappa shape index (κ1) is 11.1. The summed E-state index contributed by atoms with van der Waals surface area (Å²) < 4.78 is 5.51. The molecule has 0 aromatic heterocycles. The summed E-state index contributed by atoms with van der Waals surface area (Å²) in [4.78, 5) is 0. The van der Waals surface area contributed by atoms with Crippen molar-refractivity contribution in [3.63, 3.8) is 0 Å². The van der Waals surface area contributed by atoms with Crippen molar-refractivity contribution in [1.29, 1.82) is 0 Å². The molecule has 3 heteroatoms. The highest BCUT2D eigenvalue weighted by atomic mass is 16.5. The number of fused-ring (bicyclic) bond motifs is 1. The summed E-state index contributed by atoms with van der Waals surface area (Å²) in [5, 5.41) is 10.9. The highest BCUT2D eigenvalue weighted by molar-refractivity contribution is 5.49. The lowest BCUT2D eigenvalue weighted by molar-refractivity contribution is -0.0828. The van der Waals surface area contributed by atoms with E-state index in [0.29, 0.717) is 6.61 Å². The summed E-state index contributed by atoms with van der Waals surface area (Å²) >= 11 is 0. The normalized spacial score (nSPS) is 32.4. The van der Waals surface area contributed by atoms with Gasteiger partial charge in [0.15, 0.2) is 0 Å². The monoisotopic (exact) mass is 233 g/mol. The first-order chi connectivity index (χ1) is 8.20. The number of ether oxygens (including phenoxy) is 1. The Bertz CT molecular complexity index is 426. The van der Waals surface area contributed by atoms with Gasteiger partial charge in [0, 0.05) is 18.2 Å². The minimum absolute atomic E-state index is 0.237. The van der Waals surface area contributed by atoms with Crippen LogP contribution < -0.4 is 5.73 Å². The first-order valence-corrected chi connectivity index (χ1v) is 6.39. The van der Waals surface area contributed by atoms with Crippen molar-refractivity contribution in [2.75, 3.05) is 18.9 Å². The second kappa shape index (κ2) is 4.00. The molecule has 1 saturated heterocycles. The molecule has 1 aliphatic carbocycles. The summed E-state index contributed by atoms with van der Waals surface area (Å²) in [6.07, 6.45) is 3.84. The van der Waals surface area contributed by atoms with Crippen molar-refractivity contribution >= 4 is 5.69 Å². The zero-order valence-corrected chi connectivity index (χ0v) is 9.98. The van der Waals surface area contributed by atoms with Gasteiger partial charge in [0.2, 0.25) is 0 Å². The van der Waals surface area contributed by atoms with Crippen molar-refractivity contribution < 1.29 is 9.84 Å². The molecule has 0 saturated carbocycles. The fraction of sp³-hybridized carbons (Fsp3) is 0.571. The zero-order valence-electron chi connectivity index (χ0n) is 9.98. The lowest BCUT2D eigenvalue weighted by Gasteiger charge is -2.36. The van der Waals surface area contributed by atoms with Gasteiger partial charge in [0.25, 0.3) is 0 Å². The van der Waals surface area contributed by atoms with E-state index in [4.69, 9.17) is 10.5 Å². The topological polar surface area (TPSA) is 55.5 Å². The van der Waals surface area contributed by atoms with Crippen molar-refractivity contribution in [3.05, 3.63) is 29.3 Å². The minimum Gasteiger partial charge on any atom is -0.399 e. The Morgan fingerprint density at radius 3 is 3.06 bits per heavy atom. The Labute approximate surface area is 102 Å². The molecular weight excluding hydrogens is 214 g/mol. The Kier molecular flexibility index (Phi) is 2.60. The van der Waals surface area contributed by atoms with E-state index in [1.54, 1.807) is 0 Å². The number of hydrogen-bond donors (Lipinski definition) is 2. The molecule has 2 unspecified atom stereocenters. The minimum atomic E-state index is -0.691. The van der Waals surface area contributed by atoms with E-state index in [0.717, 1.165) is 43.5 Å². The summed E-state index contributed by atoms with van der Waals surface area (Å²) in [6, 6.07) is 5.88. The number of nitrogen functional groups attached to an aromatic ring is 1. The molecule has 1 heterocycles. The highest BCUT2D eigenvalue weighted by Gasteiger charge is 2.43. The third kappa shape index (κ3) is 1.74. The first-order valence-electron chi connectivity index (χ1n) is 6.39. The molecule has 17 heavy (non-hydrogen) atoms. The van der Waals surface area contributed by atoms with E-state index in [9.17, 15) is 5.11 Å². The maximum atomic E-state index is 10.9. The SMILES string of the molecule is Nc1ccc2c(c1)CCC2(O)C1CCCOC1. The van der Waals surface area contributed by atoms with Crippen LogP contribution in [0.4, 0.5) is 5.69 Å². The van der Waals surface area contributed by atoms with Crippen LogP contribution in [0.3, 0.4) is 0 Å². The molecule has 0 spiro atoms. The summed E-state index contributed by atoms with van der Waals surface area (Å²) in [6.45, 7) is 1.52. The van der Waals surface area contributed by atoms with Crippen LogP contribution in [0.5, 0.6) is 0 Å². The fourth-order valence-electron chi connectivity index (χ4n) is 3.24. The molecule has 3 N–H and O–H groups in total. The van der Waals surface area contributed by atoms with Gasteiger partial charge in [0.05, 0.1) is 12.2 Å². The molecule has 2 atom stereocenters. The van der Waals surface area contributed by atoms with Crippen LogP contribution in [-0.4, -0.2) is 18.3 Å². The van der Waals surface area contributed by atoms with Crippen LogP contribution in [0.2, 0.25) is 0 Å². The molecule has 1 fully saturated rings. The van der Waals surface area contributed by atoms with Crippen LogP contribution >= 0.6 is 0 Å². The number of rotatable bonds is 1. The molecule has 0 radical (unpaired) electrons. The van der Waals surface area contributed by atoms with Crippen molar-refractivity contribution in [2.45, 2.75) is 31.3 Å². The molecule has 92 valence electrons. The van der Waals surface area contributed by atoms with E-state index in [1.807, 2.05) is 18.2 Å². The van der Waals surface area contributed by atoms with Gasteiger partial charge in [-0.2, -0.15) is 0 Å². The quantitative estimate of drug-likeness (QED) is 0.728. The molecule has 1 aliphatic heterocycles. The zero-order chi connectivity index (χ0) is 11.9. The van der Waals surface area contributed by atoms with Gasteiger partial charge < -0.3 is 15.6 Å². The predicted octanol–water partition coefficient (Wildman–Crippen LogP) is 1.83. The Hall–Kier alpha value is -1.06. The Morgan fingerprint density at radius 1 is 1.41 bits per heavy atom. The molecule has 1 aromatic carbocycles. The van der Waals surface area contributed by atoms with Crippen LogP contribution in [0, 0.1) is 5.92 Å². The van der Waals surface area contributed by atoms with Gasteiger partial charge in [-0.1, -0.05) is 6.07 Å². The van der Waals surface area contributed by atoms with E-state index in [2.05, 4.69) is 0 Å². The summed E-state index contributed by atoms with van der Waals surface area (Å²) in [7, 11) is 0. The number of hydrogen-bond acceptors (Lipinski definition) is 3. The molecule has 3 rings (SSSR count). The lowest BCUT2D eigenvalue weighted by atomic mass is 9.79. The van der Waals surface area contributed by atoms with Gasteiger partial charge in [-0.25, -0.2) is 0 Å². The van der Waals surface area contributed by atoms with Crippen LogP contribution in [0.1, 0.15) is 30.4 Å². The standard InChI is InChI=1S/C14H19NO2/c15-12-3-4-13-10(8-12)5-6-14(13,16)11-2-1-7-17-9-11/h3-4,8,11,16H,1-2,5-7,9,15H2. The number of aryl methyl sites for hydroxylation is 1. The third-order valence-corrected chi connectivity index (χ3v) is 4.21. The molecule has 0 amide bonds. The maximum Gasteiger partial charge on any atom is 0.0952 e. The van der Waals surface area contributed by atoms with Gasteiger partial charge >= 0.3 is 0 Å². The Morgan fingerprint density at radius 2 is 2.29 bits per heavy atom. The maximum absolute atomic E-state index is 10.9. The summed E-state index contributed by atoms with van der Waals surface area (Å²) in [5.41, 5.74) is 8.16. The second-order valence-electron chi connectivity index (χ2n) is 5.25. The lowest BCUT2D eigenvalue weighted by Crippen LogP contribution is -2.38. The second-order valence-corrected chi connectivity index (χ2v) is 5.25. The van der Waals surface area contributed by atoms with Crippen molar-refractivity contribution in [1.82, 2.24) is 0 Å². The van der Waals surface area contributed by atoms with Crippen LogP contribution in [0.25, 0.3) is 0 Å². The van der Waals surface area contributed by atoms with Gasteiger partial charge in [-0.3, -0.25) is 0 Å². The predicted molar refractivity (Wildman–Crippen MR) is 66.6 cm³/mol. The van der Waals surface area contributed by atoms with Crippen molar-refractivity contribution in [2.24, 2.45) is 5.92 Å².